The summed E-state index contributed by atoms with van der Waals surface area (Å²) in [6.07, 6.45) is 1.51. The molecule has 0 atom stereocenters. The predicted octanol–water partition coefficient (Wildman–Crippen LogP) is 1.46. The Bertz CT molecular complexity index is 760. The summed E-state index contributed by atoms with van der Waals surface area (Å²) in [5.74, 6) is -0.153. The molecule has 2 aromatic rings. The summed E-state index contributed by atoms with van der Waals surface area (Å²) in [6, 6.07) is 4.84. The molecule has 0 aliphatic rings. The number of methoxy groups -OCH3 is 2. The number of nitrogens with zero attached hydrogens (tertiary/aromatic N) is 2. The van der Waals surface area contributed by atoms with Gasteiger partial charge in [0.25, 0.3) is 5.91 Å². The Hall–Kier alpha value is -2.74. The highest BCUT2D eigenvalue weighted by Crippen LogP contribution is 2.27. The standard InChI is InChI=1S/C15H17ClN4O4/c1-20-8-10(15(19-20)24-3)14(22)17-7-13(21)18-9-4-5-12(23-2)11(16)6-9/h4-6,8H,7H2,1-3H3,(H,17,22)(H,18,21). The second kappa shape index (κ2) is 7.69. The summed E-state index contributed by atoms with van der Waals surface area (Å²) in [4.78, 5) is 24.0. The zero-order chi connectivity index (χ0) is 17.7. The lowest BCUT2D eigenvalue weighted by molar-refractivity contribution is -0.115. The summed E-state index contributed by atoms with van der Waals surface area (Å²) in [5, 5.41) is 9.48. The van der Waals surface area contributed by atoms with E-state index in [-0.39, 0.29) is 18.0 Å². The number of ether oxygens (including phenoxy) is 2. The number of hydrogen-bond acceptors (Lipinski definition) is 5. The van der Waals surface area contributed by atoms with E-state index in [1.54, 1.807) is 25.2 Å². The molecular formula is C15H17ClN4O4. The van der Waals surface area contributed by atoms with Crippen LogP contribution in [-0.2, 0) is 11.8 Å². The molecule has 0 aliphatic heterocycles. The van der Waals surface area contributed by atoms with E-state index in [1.807, 2.05) is 0 Å². The number of benzene rings is 1. The van der Waals surface area contributed by atoms with E-state index in [9.17, 15) is 9.59 Å². The van der Waals surface area contributed by atoms with Crippen molar-refractivity contribution in [1.82, 2.24) is 15.1 Å². The fourth-order valence-corrected chi connectivity index (χ4v) is 2.24. The van der Waals surface area contributed by atoms with Crippen molar-refractivity contribution < 1.29 is 19.1 Å². The Kier molecular flexibility index (Phi) is 5.64. The molecule has 8 nitrogen and oxygen atoms in total. The monoisotopic (exact) mass is 352 g/mol. The number of amides is 2. The molecule has 1 aromatic carbocycles. The first-order valence-electron chi connectivity index (χ1n) is 6.93. The van der Waals surface area contributed by atoms with Crippen LogP contribution in [0.15, 0.2) is 24.4 Å². The minimum absolute atomic E-state index is 0.192. The molecule has 24 heavy (non-hydrogen) atoms. The molecular weight excluding hydrogens is 336 g/mol. The number of carbonyl (C=O) groups is 2. The van der Waals surface area contributed by atoms with Crippen molar-refractivity contribution in [3.63, 3.8) is 0 Å². The van der Waals surface area contributed by atoms with Gasteiger partial charge in [-0.3, -0.25) is 14.3 Å². The van der Waals surface area contributed by atoms with Crippen LogP contribution in [0.5, 0.6) is 11.6 Å². The Balaban J connectivity index is 1.93. The fraction of sp³-hybridized carbons (Fsp3) is 0.267. The highest BCUT2D eigenvalue weighted by atomic mass is 35.5. The van der Waals surface area contributed by atoms with Crippen molar-refractivity contribution in [2.24, 2.45) is 7.05 Å². The predicted molar refractivity (Wildman–Crippen MR) is 88.7 cm³/mol. The van der Waals surface area contributed by atoms with Crippen molar-refractivity contribution in [2.45, 2.75) is 0 Å². The van der Waals surface area contributed by atoms with Crippen molar-refractivity contribution in [1.29, 1.82) is 0 Å². The number of hydrogen-bond donors (Lipinski definition) is 2. The maximum atomic E-state index is 12.1. The van der Waals surface area contributed by atoms with Crippen LogP contribution in [0.3, 0.4) is 0 Å². The highest BCUT2D eigenvalue weighted by Gasteiger charge is 2.17. The van der Waals surface area contributed by atoms with Crippen LogP contribution >= 0.6 is 11.6 Å². The van der Waals surface area contributed by atoms with Gasteiger partial charge in [0.2, 0.25) is 11.8 Å². The normalized spacial score (nSPS) is 10.2. The molecule has 0 fully saturated rings. The van der Waals surface area contributed by atoms with Gasteiger partial charge in [-0.05, 0) is 18.2 Å². The van der Waals surface area contributed by atoms with Crippen molar-refractivity contribution in [3.8, 4) is 11.6 Å². The third kappa shape index (κ3) is 4.17. The average molecular weight is 353 g/mol. The van der Waals surface area contributed by atoms with E-state index in [4.69, 9.17) is 21.1 Å². The Morgan fingerprint density at radius 3 is 2.67 bits per heavy atom. The SMILES string of the molecule is COc1ccc(NC(=O)CNC(=O)c2cn(C)nc2OC)cc1Cl. The molecule has 0 spiro atoms. The number of aromatic nitrogens is 2. The van der Waals surface area contributed by atoms with Crippen LogP contribution in [0.4, 0.5) is 5.69 Å². The van der Waals surface area contributed by atoms with Gasteiger partial charge in [0, 0.05) is 18.9 Å². The highest BCUT2D eigenvalue weighted by molar-refractivity contribution is 6.32. The van der Waals surface area contributed by atoms with Gasteiger partial charge in [0.15, 0.2) is 0 Å². The van der Waals surface area contributed by atoms with Crippen LogP contribution in [0.1, 0.15) is 10.4 Å². The molecule has 2 amide bonds. The number of aryl methyl sites for hydroxylation is 1. The summed E-state index contributed by atoms with van der Waals surface area (Å²) < 4.78 is 11.5. The van der Waals surface area contributed by atoms with Gasteiger partial charge in [0.05, 0.1) is 25.8 Å². The molecule has 0 unspecified atom stereocenters. The number of rotatable bonds is 6. The van der Waals surface area contributed by atoms with E-state index < -0.39 is 11.8 Å². The molecule has 9 heteroatoms. The van der Waals surface area contributed by atoms with E-state index in [0.717, 1.165) is 0 Å². The summed E-state index contributed by atoms with van der Waals surface area (Å²) in [6.45, 7) is -0.208. The molecule has 0 saturated carbocycles. The third-order valence-electron chi connectivity index (χ3n) is 3.08. The van der Waals surface area contributed by atoms with Crippen LogP contribution in [0, 0.1) is 0 Å². The second-order valence-corrected chi connectivity index (χ2v) is 5.21. The quantitative estimate of drug-likeness (QED) is 0.820. The minimum atomic E-state index is -0.456. The zero-order valence-corrected chi connectivity index (χ0v) is 14.2. The van der Waals surface area contributed by atoms with Gasteiger partial charge in [-0.2, -0.15) is 0 Å². The average Bonchev–Trinajstić information content (AvgIpc) is 2.94. The molecule has 1 heterocycles. The Labute approximate surface area is 143 Å². The maximum absolute atomic E-state index is 12.1. The fourth-order valence-electron chi connectivity index (χ4n) is 1.98. The van der Waals surface area contributed by atoms with Crippen molar-refractivity contribution in [3.05, 3.63) is 35.0 Å². The maximum Gasteiger partial charge on any atom is 0.258 e. The zero-order valence-electron chi connectivity index (χ0n) is 13.4. The van der Waals surface area contributed by atoms with Crippen LogP contribution in [0.25, 0.3) is 0 Å². The molecule has 1 aromatic heterocycles. The van der Waals surface area contributed by atoms with Gasteiger partial charge in [-0.25, -0.2) is 0 Å². The largest absolute Gasteiger partial charge is 0.495 e. The summed E-state index contributed by atoms with van der Waals surface area (Å²) in [5.41, 5.74) is 0.749. The third-order valence-corrected chi connectivity index (χ3v) is 3.37. The molecule has 0 bridgehead atoms. The topological polar surface area (TPSA) is 94.5 Å². The Morgan fingerprint density at radius 2 is 2.04 bits per heavy atom. The van der Waals surface area contributed by atoms with E-state index in [0.29, 0.717) is 16.5 Å². The lowest BCUT2D eigenvalue weighted by atomic mass is 10.3. The molecule has 0 saturated heterocycles. The number of nitrogens with one attached hydrogen (secondary N) is 2. The number of halogens is 1. The van der Waals surface area contributed by atoms with Gasteiger partial charge in [0.1, 0.15) is 11.3 Å². The van der Waals surface area contributed by atoms with E-state index in [2.05, 4.69) is 15.7 Å². The van der Waals surface area contributed by atoms with E-state index >= 15 is 0 Å². The van der Waals surface area contributed by atoms with Gasteiger partial charge >= 0.3 is 0 Å². The number of carbonyl (C=O) groups excluding carboxylic acids is 2. The first-order valence-corrected chi connectivity index (χ1v) is 7.31. The van der Waals surface area contributed by atoms with Crippen LogP contribution in [-0.4, -0.2) is 42.4 Å². The first kappa shape index (κ1) is 17.6. The van der Waals surface area contributed by atoms with Gasteiger partial charge < -0.3 is 20.1 Å². The second-order valence-electron chi connectivity index (χ2n) is 4.81. The van der Waals surface area contributed by atoms with Gasteiger partial charge in [-0.1, -0.05) is 11.6 Å². The summed E-state index contributed by atoms with van der Waals surface area (Å²) in [7, 11) is 4.58. The summed E-state index contributed by atoms with van der Waals surface area (Å²) >= 11 is 5.99. The lowest BCUT2D eigenvalue weighted by Crippen LogP contribution is -2.32. The van der Waals surface area contributed by atoms with Crippen LogP contribution in [0.2, 0.25) is 5.02 Å². The molecule has 128 valence electrons. The van der Waals surface area contributed by atoms with Gasteiger partial charge in [-0.15, -0.1) is 5.10 Å². The number of anilines is 1. The first-order chi connectivity index (χ1) is 11.4. The molecule has 0 aliphatic carbocycles. The smallest absolute Gasteiger partial charge is 0.258 e. The van der Waals surface area contributed by atoms with Crippen molar-refractivity contribution in [2.75, 3.05) is 26.1 Å². The lowest BCUT2D eigenvalue weighted by Gasteiger charge is -2.09. The van der Waals surface area contributed by atoms with E-state index in [1.165, 1.54) is 25.1 Å². The Morgan fingerprint density at radius 1 is 1.29 bits per heavy atom. The van der Waals surface area contributed by atoms with Crippen LogP contribution < -0.4 is 20.1 Å². The van der Waals surface area contributed by atoms with Crippen molar-refractivity contribution >= 4 is 29.1 Å². The molecule has 0 radical (unpaired) electrons. The minimum Gasteiger partial charge on any atom is -0.495 e. The molecule has 2 N–H and O–H groups in total. The molecule has 2 rings (SSSR count).